The summed E-state index contributed by atoms with van der Waals surface area (Å²) in [5.41, 5.74) is 0. The number of rotatable bonds is 16. The Balaban J connectivity index is 3.36. The zero-order chi connectivity index (χ0) is 17.2. The van der Waals surface area contributed by atoms with Crippen molar-refractivity contribution in [3.8, 4) is 0 Å². The second-order valence-corrected chi connectivity index (χ2v) is 6.25. The zero-order valence-corrected chi connectivity index (χ0v) is 14.9. The van der Waals surface area contributed by atoms with E-state index in [9.17, 15) is 9.90 Å². The maximum absolute atomic E-state index is 10.4. The smallest absolute Gasteiger partial charge is 0.303 e. The van der Waals surface area contributed by atoms with Gasteiger partial charge in [0.25, 0.3) is 0 Å². The minimum Gasteiger partial charge on any atom is -0.481 e. The third kappa shape index (κ3) is 18.9. The summed E-state index contributed by atoms with van der Waals surface area (Å²) in [6.07, 6.45) is 21.2. The lowest BCUT2D eigenvalue weighted by molar-refractivity contribution is -0.137. The number of unbranched alkanes of at least 4 members (excludes halogenated alkanes) is 7. The Hall–Kier alpha value is -1.09. The fourth-order valence-electron chi connectivity index (χ4n) is 2.42. The molecule has 0 aliphatic carbocycles. The van der Waals surface area contributed by atoms with Crippen LogP contribution in [-0.2, 0) is 4.79 Å². The number of aliphatic carboxylic acids is 1. The monoisotopic (exact) mass is 324 g/mol. The van der Waals surface area contributed by atoms with Crippen molar-refractivity contribution in [2.75, 3.05) is 0 Å². The van der Waals surface area contributed by atoms with Gasteiger partial charge in [-0.15, -0.1) is 0 Å². The Morgan fingerprint density at radius 2 is 1.48 bits per heavy atom. The van der Waals surface area contributed by atoms with Crippen molar-refractivity contribution in [1.82, 2.24) is 0 Å². The molecule has 3 nitrogen and oxygen atoms in total. The molecule has 0 rings (SSSR count). The van der Waals surface area contributed by atoms with Crippen molar-refractivity contribution in [3.05, 3.63) is 24.3 Å². The van der Waals surface area contributed by atoms with Crippen LogP contribution in [0.1, 0.15) is 90.4 Å². The molecule has 0 heterocycles. The fraction of sp³-hybridized carbons (Fsp3) is 0.750. The van der Waals surface area contributed by atoms with Gasteiger partial charge in [-0.2, -0.15) is 0 Å². The van der Waals surface area contributed by atoms with E-state index < -0.39 is 5.97 Å². The molecule has 0 unspecified atom stereocenters. The van der Waals surface area contributed by atoms with E-state index in [1.54, 1.807) is 0 Å². The second kappa shape index (κ2) is 17.3. The van der Waals surface area contributed by atoms with Crippen molar-refractivity contribution in [2.45, 2.75) is 96.5 Å². The van der Waals surface area contributed by atoms with E-state index in [1.165, 1.54) is 19.3 Å². The molecule has 0 fully saturated rings. The van der Waals surface area contributed by atoms with E-state index in [4.69, 9.17) is 5.11 Å². The molecule has 0 spiro atoms. The first kappa shape index (κ1) is 21.9. The molecule has 0 amide bonds. The molecular formula is C20H36O3. The molecule has 0 aromatic carbocycles. The summed E-state index contributed by atoms with van der Waals surface area (Å²) < 4.78 is 0. The Bertz CT molecular complexity index is 321. The van der Waals surface area contributed by atoms with Gasteiger partial charge in [-0.3, -0.25) is 4.79 Å². The van der Waals surface area contributed by atoms with Crippen molar-refractivity contribution < 1.29 is 15.0 Å². The molecule has 0 aliphatic heterocycles. The number of carbonyl (C=O) groups is 1. The summed E-state index contributed by atoms with van der Waals surface area (Å²) in [5.74, 6) is -0.695. The molecule has 0 aliphatic rings. The highest BCUT2D eigenvalue weighted by molar-refractivity contribution is 5.66. The highest BCUT2D eigenvalue weighted by Gasteiger charge is 1.99. The summed E-state index contributed by atoms with van der Waals surface area (Å²) >= 11 is 0. The Morgan fingerprint density at radius 1 is 0.870 bits per heavy atom. The van der Waals surface area contributed by atoms with Gasteiger partial charge in [-0.25, -0.2) is 0 Å². The SMILES string of the molecule is CCCCC/C=C\C[C@@H](O)CC/C=C\CCCCCCC(=O)O. The molecule has 0 aromatic heterocycles. The number of carboxylic acids is 1. The average molecular weight is 325 g/mol. The minimum absolute atomic E-state index is 0.224. The van der Waals surface area contributed by atoms with Gasteiger partial charge in [0.05, 0.1) is 6.10 Å². The molecule has 1 atom stereocenters. The average Bonchev–Trinajstić information content (AvgIpc) is 2.52. The Kier molecular flexibility index (Phi) is 16.4. The molecule has 0 aromatic rings. The summed E-state index contributed by atoms with van der Waals surface area (Å²) in [6, 6.07) is 0. The Labute approximate surface area is 142 Å². The number of aliphatic hydroxyl groups excluding tert-OH is 1. The number of hydrogen-bond acceptors (Lipinski definition) is 2. The normalized spacial score (nSPS) is 13.1. The number of allylic oxidation sites excluding steroid dienone is 3. The predicted octanol–water partition coefficient (Wildman–Crippen LogP) is 5.64. The van der Waals surface area contributed by atoms with E-state index in [0.29, 0.717) is 6.42 Å². The van der Waals surface area contributed by atoms with Crippen LogP contribution in [0.3, 0.4) is 0 Å². The van der Waals surface area contributed by atoms with Crippen molar-refractivity contribution in [3.63, 3.8) is 0 Å². The third-order valence-electron chi connectivity index (χ3n) is 3.89. The number of aliphatic hydroxyl groups is 1. The van der Waals surface area contributed by atoms with Crippen LogP contribution < -0.4 is 0 Å². The van der Waals surface area contributed by atoms with Crippen LogP contribution in [0, 0.1) is 0 Å². The molecular weight excluding hydrogens is 288 g/mol. The maximum atomic E-state index is 10.4. The summed E-state index contributed by atoms with van der Waals surface area (Å²) in [5, 5.41) is 18.4. The van der Waals surface area contributed by atoms with Crippen LogP contribution >= 0.6 is 0 Å². The van der Waals surface area contributed by atoms with E-state index >= 15 is 0 Å². The van der Waals surface area contributed by atoms with Crippen LogP contribution in [-0.4, -0.2) is 22.3 Å². The molecule has 0 saturated heterocycles. The van der Waals surface area contributed by atoms with Crippen LogP contribution in [0.5, 0.6) is 0 Å². The predicted molar refractivity (Wildman–Crippen MR) is 97.6 cm³/mol. The molecule has 2 N–H and O–H groups in total. The van der Waals surface area contributed by atoms with E-state index in [2.05, 4.69) is 31.2 Å². The highest BCUT2D eigenvalue weighted by atomic mass is 16.4. The van der Waals surface area contributed by atoms with Gasteiger partial charge in [0, 0.05) is 6.42 Å². The summed E-state index contributed by atoms with van der Waals surface area (Å²) in [4.78, 5) is 10.4. The number of carboxylic acid groups (broad SMARTS) is 1. The topological polar surface area (TPSA) is 57.5 Å². The zero-order valence-electron chi connectivity index (χ0n) is 14.9. The van der Waals surface area contributed by atoms with E-state index in [0.717, 1.165) is 57.8 Å². The van der Waals surface area contributed by atoms with Crippen LogP contribution in [0.25, 0.3) is 0 Å². The molecule has 3 heteroatoms. The van der Waals surface area contributed by atoms with E-state index in [-0.39, 0.29) is 6.10 Å². The first-order valence-electron chi connectivity index (χ1n) is 9.36. The standard InChI is InChI=1S/C20H36O3/c1-2-3-4-5-10-13-16-19(21)17-14-11-8-6-7-9-12-15-18-20(22)23/h8,10-11,13,19,21H,2-7,9,12,14-18H2,1H3,(H,22,23)/b11-8-,13-10-/t19-/m1/s1. The largest absolute Gasteiger partial charge is 0.481 e. The van der Waals surface area contributed by atoms with Gasteiger partial charge in [0.15, 0.2) is 0 Å². The van der Waals surface area contributed by atoms with Crippen molar-refractivity contribution >= 4 is 5.97 Å². The second-order valence-electron chi connectivity index (χ2n) is 6.25. The molecule has 23 heavy (non-hydrogen) atoms. The molecule has 134 valence electrons. The summed E-state index contributed by atoms with van der Waals surface area (Å²) in [6.45, 7) is 2.21. The van der Waals surface area contributed by atoms with Crippen LogP contribution in [0.15, 0.2) is 24.3 Å². The highest BCUT2D eigenvalue weighted by Crippen LogP contribution is 2.08. The first-order valence-corrected chi connectivity index (χ1v) is 9.36. The van der Waals surface area contributed by atoms with Gasteiger partial charge in [0.2, 0.25) is 0 Å². The lowest BCUT2D eigenvalue weighted by atomic mass is 10.1. The van der Waals surface area contributed by atoms with Gasteiger partial charge in [0.1, 0.15) is 0 Å². The van der Waals surface area contributed by atoms with Crippen molar-refractivity contribution in [2.24, 2.45) is 0 Å². The minimum atomic E-state index is -0.695. The molecule has 0 radical (unpaired) electrons. The summed E-state index contributed by atoms with van der Waals surface area (Å²) in [7, 11) is 0. The van der Waals surface area contributed by atoms with Crippen molar-refractivity contribution in [1.29, 1.82) is 0 Å². The quantitative estimate of drug-likeness (QED) is 0.285. The Morgan fingerprint density at radius 3 is 2.17 bits per heavy atom. The van der Waals surface area contributed by atoms with Gasteiger partial charge in [-0.05, 0) is 51.4 Å². The lowest BCUT2D eigenvalue weighted by Gasteiger charge is -2.05. The maximum Gasteiger partial charge on any atom is 0.303 e. The van der Waals surface area contributed by atoms with E-state index in [1.807, 2.05) is 0 Å². The van der Waals surface area contributed by atoms with Crippen LogP contribution in [0.2, 0.25) is 0 Å². The molecule has 0 saturated carbocycles. The van der Waals surface area contributed by atoms with Gasteiger partial charge >= 0.3 is 5.97 Å². The van der Waals surface area contributed by atoms with Gasteiger partial charge < -0.3 is 10.2 Å². The molecule has 0 bridgehead atoms. The van der Waals surface area contributed by atoms with Gasteiger partial charge in [-0.1, -0.05) is 56.9 Å². The third-order valence-corrected chi connectivity index (χ3v) is 3.89. The number of hydrogen-bond donors (Lipinski definition) is 2. The van der Waals surface area contributed by atoms with Crippen LogP contribution in [0.4, 0.5) is 0 Å². The fourth-order valence-corrected chi connectivity index (χ4v) is 2.42. The lowest BCUT2D eigenvalue weighted by Crippen LogP contribution is -2.03. The first-order chi connectivity index (χ1) is 11.2.